The van der Waals surface area contributed by atoms with E-state index in [1.807, 2.05) is 0 Å². The number of alkyl halides is 2. The van der Waals surface area contributed by atoms with Crippen molar-refractivity contribution in [2.45, 2.75) is 77.2 Å². The van der Waals surface area contributed by atoms with Gasteiger partial charge in [0.05, 0.1) is 5.92 Å². The van der Waals surface area contributed by atoms with Gasteiger partial charge in [-0.1, -0.05) is 19.8 Å². The van der Waals surface area contributed by atoms with Gasteiger partial charge in [-0.15, -0.1) is 0 Å². The molecule has 0 spiro atoms. The molecule has 2 fully saturated rings. The van der Waals surface area contributed by atoms with Crippen LogP contribution in [0.2, 0.25) is 0 Å². The summed E-state index contributed by atoms with van der Waals surface area (Å²) in [6.07, 6.45) is 5.97. The Labute approximate surface area is 159 Å². The van der Waals surface area contributed by atoms with Gasteiger partial charge in [-0.3, -0.25) is 0 Å². The van der Waals surface area contributed by atoms with Crippen molar-refractivity contribution in [1.82, 2.24) is 0 Å². The number of hydrogen-bond acceptors (Lipinski definition) is 1. The fraction of sp³-hybridized carbons (Fsp3) is 0.636. The van der Waals surface area contributed by atoms with Crippen molar-refractivity contribution in [2.24, 2.45) is 11.8 Å². The molecule has 0 N–H and O–H groups in total. The quantitative estimate of drug-likeness (QED) is 0.469. The van der Waals surface area contributed by atoms with E-state index in [1.54, 1.807) is 5.92 Å². The molecule has 3 rings (SSSR count). The van der Waals surface area contributed by atoms with Crippen LogP contribution in [0.4, 0.5) is 17.6 Å². The van der Waals surface area contributed by atoms with Gasteiger partial charge in [-0.2, -0.15) is 8.78 Å². The highest BCUT2D eigenvalue weighted by molar-refractivity contribution is 5.25. The van der Waals surface area contributed by atoms with Crippen molar-refractivity contribution >= 4 is 0 Å². The zero-order chi connectivity index (χ0) is 19.4. The van der Waals surface area contributed by atoms with Crippen LogP contribution in [0.3, 0.4) is 0 Å². The molecule has 2 aliphatic carbocycles. The zero-order valence-electron chi connectivity index (χ0n) is 15.9. The highest BCUT2D eigenvalue weighted by Gasteiger charge is 2.45. The second kappa shape index (κ2) is 8.83. The lowest BCUT2D eigenvalue weighted by atomic mass is 9.68. The van der Waals surface area contributed by atoms with Crippen LogP contribution in [0.1, 0.15) is 71.1 Å². The molecule has 0 unspecified atom stereocenters. The van der Waals surface area contributed by atoms with E-state index in [1.165, 1.54) is 25.7 Å². The molecule has 0 aliphatic heterocycles. The Hall–Kier alpha value is -1.26. The summed E-state index contributed by atoms with van der Waals surface area (Å²) < 4.78 is 59.8. The van der Waals surface area contributed by atoms with Crippen LogP contribution in [0.25, 0.3) is 0 Å². The van der Waals surface area contributed by atoms with E-state index < -0.39 is 17.7 Å². The van der Waals surface area contributed by atoms with Crippen LogP contribution in [0.15, 0.2) is 18.2 Å². The molecule has 2 radical (unpaired) electrons. The first-order chi connectivity index (χ1) is 12.9. The molecule has 2 saturated carbocycles. The highest BCUT2D eigenvalue weighted by atomic mass is 19.3. The molecule has 2 aliphatic rings. The van der Waals surface area contributed by atoms with Gasteiger partial charge in [0, 0.05) is 6.07 Å². The number of ether oxygens (including phenoxy) is 1. The molecular weight excluding hydrogens is 356 g/mol. The van der Waals surface area contributed by atoms with Gasteiger partial charge in [0.1, 0.15) is 5.75 Å². The average Bonchev–Trinajstić information content (AvgIpc) is 2.66. The molecule has 1 aromatic carbocycles. The minimum absolute atomic E-state index is 0.0590. The van der Waals surface area contributed by atoms with Gasteiger partial charge in [0.2, 0.25) is 0 Å². The maximum atomic E-state index is 14.5. The molecule has 150 valence electrons. The third-order valence-corrected chi connectivity index (χ3v) is 6.16. The van der Waals surface area contributed by atoms with E-state index in [2.05, 4.69) is 6.92 Å². The predicted octanol–water partition coefficient (Wildman–Crippen LogP) is 7.27. The lowest BCUT2D eigenvalue weighted by Gasteiger charge is -2.38. The molecule has 27 heavy (non-hydrogen) atoms. The summed E-state index contributed by atoms with van der Waals surface area (Å²) in [5.74, 6) is 0.275. The standard InChI is InChI=1S/C22H28F4O/c1-2-3-15-4-6-16(7-5-15)17-8-10-18(11-9-17)22(25,26)27-19-12-13-20(23)21(24)14-19/h12-15,17H,2-11H2,1H3. The molecule has 0 aromatic heterocycles. The van der Waals surface area contributed by atoms with Crippen LogP contribution in [-0.4, -0.2) is 6.11 Å². The fourth-order valence-electron chi connectivity index (χ4n) is 4.58. The molecular formula is C22H28F4O. The van der Waals surface area contributed by atoms with E-state index in [9.17, 15) is 17.6 Å². The molecule has 1 aromatic rings. The summed E-state index contributed by atoms with van der Waals surface area (Å²) in [5, 5.41) is 0. The van der Waals surface area contributed by atoms with Crippen molar-refractivity contribution in [3.05, 3.63) is 41.7 Å². The second-order valence-corrected chi connectivity index (χ2v) is 7.96. The Balaban J connectivity index is 1.50. The van der Waals surface area contributed by atoms with Gasteiger partial charge in [-0.05, 0) is 81.3 Å². The molecule has 5 heteroatoms. The van der Waals surface area contributed by atoms with Crippen molar-refractivity contribution in [1.29, 1.82) is 0 Å². The van der Waals surface area contributed by atoms with Crippen LogP contribution in [0, 0.1) is 35.3 Å². The molecule has 0 saturated heterocycles. The Bertz CT molecular complexity index is 602. The first kappa shape index (κ1) is 20.5. The van der Waals surface area contributed by atoms with Gasteiger partial charge >= 0.3 is 6.11 Å². The summed E-state index contributed by atoms with van der Waals surface area (Å²) in [4.78, 5) is 0. The van der Waals surface area contributed by atoms with Crippen LogP contribution in [0.5, 0.6) is 5.75 Å². The molecule has 0 bridgehead atoms. The van der Waals surface area contributed by atoms with Gasteiger partial charge in [0.15, 0.2) is 11.6 Å². The zero-order valence-corrected chi connectivity index (χ0v) is 15.9. The Morgan fingerprint density at radius 1 is 0.963 bits per heavy atom. The fourth-order valence-corrected chi connectivity index (χ4v) is 4.58. The van der Waals surface area contributed by atoms with E-state index in [4.69, 9.17) is 4.74 Å². The Kier molecular flexibility index (Phi) is 6.69. The van der Waals surface area contributed by atoms with Crippen molar-refractivity contribution in [3.8, 4) is 5.75 Å². The topological polar surface area (TPSA) is 9.23 Å². The predicted molar refractivity (Wildman–Crippen MR) is 97.2 cm³/mol. The van der Waals surface area contributed by atoms with E-state index in [-0.39, 0.29) is 11.7 Å². The minimum Gasteiger partial charge on any atom is -0.432 e. The van der Waals surface area contributed by atoms with E-state index in [0.717, 1.165) is 43.7 Å². The van der Waals surface area contributed by atoms with Crippen LogP contribution >= 0.6 is 0 Å². The molecule has 0 amide bonds. The average molecular weight is 384 g/mol. The smallest absolute Gasteiger partial charge is 0.404 e. The van der Waals surface area contributed by atoms with E-state index >= 15 is 0 Å². The number of rotatable bonds is 6. The normalized spacial score (nSPS) is 21.5. The maximum absolute atomic E-state index is 14.5. The molecule has 0 heterocycles. The lowest BCUT2D eigenvalue weighted by molar-refractivity contribution is -0.168. The maximum Gasteiger partial charge on any atom is 0.404 e. The Morgan fingerprint density at radius 2 is 1.63 bits per heavy atom. The Morgan fingerprint density at radius 3 is 2.22 bits per heavy atom. The summed E-state index contributed by atoms with van der Waals surface area (Å²) >= 11 is 0. The molecule has 1 nitrogen and oxygen atoms in total. The summed E-state index contributed by atoms with van der Waals surface area (Å²) in [6, 6.07) is 2.50. The summed E-state index contributed by atoms with van der Waals surface area (Å²) in [6.45, 7) is 2.22. The van der Waals surface area contributed by atoms with Crippen molar-refractivity contribution in [2.75, 3.05) is 0 Å². The van der Waals surface area contributed by atoms with Gasteiger partial charge in [0.25, 0.3) is 0 Å². The second-order valence-electron chi connectivity index (χ2n) is 7.96. The monoisotopic (exact) mass is 384 g/mol. The van der Waals surface area contributed by atoms with Crippen LogP contribution in [-0.2, 0) is 0 Å². The number of halogens is 4. The van der Waals surface area contributed by atoms with Crippen molar-refractivity contribution in [3.63, 3.8) is 0 Å². The van der Waals surface area contributed by atoms with E-state index in [0.29, 0.717) is 24.8 Å². The number of hydrogen-bond donors (Lipinski definition) is 0. The first-order valence-electron chi connectivity index (χ1n) is 10.1. The first-order valence-corrected chi connectivity index (χ1v) is 10.1. The van der Waals surface area contributed by atoms with Gasteiger partial charge in [-0.25, -0.2) is 8.78 Å². The molecule has 0 atom stereocenters. The minimum atomic E-state index is -3.45. The largest absolute Gasteiger partial charge is 0.432 e. The summed E-state index contributed by atoms with van der Waals surface area (Å²) in [5.41, 5.74) is 0. The van der Waals surface area contributed by atoms with Gasteiger partial charge < -0.3 is 4.74 Å². The highest BCUT2D eigenvalue weighted by Crippen LogP contribution is 2.47. The number of benzene rings is 1. The van der Waals surface area contributed by atoms with Crippen LogP contribution < -0.4 is 4.74 Å². The summed E-state index contributed by atoms with van der Waals surface area (Å²) in [7, 11) is 0. The lowest BCUT2D eigenvalue weighted by Crippen LogP contribution is -2.36. The third-order valence-electron chi connectivity index (χ3n) is 6.16. The SMILES string of the molecule is CCCC1CC[C](C2CC[C](C(F)(F)Oc3ccc(F)c(F)c3)CC2)CC1. The third kappa shape index (κ3) is 5.17. The van der Waals surface area contributed by atoms with Crippen molar-refractivity contribution < 1.29 is 22.3 Å².